The summed E-state index contributed by atoms with van der Waals surface area (Å²) in [4.78, 5) is 10.1. The molecule has 2 aliphatic rings. The van der Waals surface area contributed by atoms with Gasteiger partial charge < -0.3 is 5.32 Å². The zero-order valence-corrected chi connectivity index (χ0v) is 12.2. The molecule has 1 aromatic carbocycles. The quantitative estimate of drug-likeness (QED) is 0.644. The average Bonchev–Trinajstić information content (AvgIpc) is 2.47. The largest absolute Gasteiger partial charge is 0.368 e. The number of nitrogens with zero attached hydrogens (tertiary/aromatic N) is 1. The summed E-state index contributed by atoms with van der Waals surface area (Å²) in [6, 6.07) is 3.90. The topological polar surface area (TPSA) is 101 Å². The Kier molecular flexibility index (Phi) is 3.58. The lowest BCUT2D eigenvalue weighted by molar-refractivity contribution is -0.385. The van der Waals surface area contributed by atoms with E-state index in [0.29, 0.717) is 5.69 Å². The van der Waals surface area contributed by atoms with E-state index in [2.05, 4.69) is 10.0 Å². The lowest BCUT2D eigenvalue weighted by Crippen LogP contribution is -2.49. The number of rotatable bonds is 2. The summed E-state index contributed by atoms with van der Waals surface area (Å²) in [7, 11) is -3.71. The fourth-order valence-electron chi connectivity index (χ4n) is 3.08. The van der Waals surface area contributed by atoms with Crippen molar-refractivity contribution >= 4 is 21.4 Å². The highest BCUT2D eigenvalue weighted by Gasteiger charge is 2.35. The SMILES string of the molecule is O=[N+]([O-])c1ccc2c(c1)S(=O)(=O)NC(C1CCCCC1)N2. The number of nitro benzene ring substituents is 1. The molecule has 1 aliphatic carbocycles. The van der Waals surface area contributed by atoms with Crippen molar-refractivity contribution in [3.63, 3.8) is 0 Å². The van der Waals surface area contributed by atoms with E-state index in [1.54, 1.807) is 0 Å². The lowest BCUT2D eigenvalue weighted by atomic mass is 9.87. The number of nitro groups is 1. The minimum atomic E-state index is -3.71. The van der Waals surface area contributed by atoms with Crippen LogP contribution in [0.2, 0.25) is 0 Å². The van der Waals surface area contributed by atoms with Crippen LogP contribution in [0.3, 0.4) is 0 Å². The molecular weight excluding hydrogens is 294 g/mol. The molecule has 0 amide bonds. The van der Waals surface area contributed by atoms with E-state index in [-0.39, 0.29) is 22.7 Å². The number of hydrogen-bond donors (Lipinski definition) is 2. The van der Waals surface area contributed by atoms with Crippen LogP contribution in [0.25, 0.3) is 0 Å². The van der Waals surface area contributed by atoms with Crippen LogP contribution in [0.1, 0.15) is 32.1 Å². The van der Waals surface area contributed by atoms with E-state index in [1.807, 2.05) is 0 Å². The van der Waals surface area contributed by atoms with Crippen LogP contribution in [-0.4, -0.2) is 19.5 Å². The Bertz CT molecular complexity index is 668. The van der Waals surface area contributed by atoms with Gasteiger partial charge in [0.25, 0.3) is 5.69 Å². The third-order valence-corrected chi connectivity index (χ3v) is 5.66. The molecule has 1 fully saturated rings. The van der Waals surface area contributed by atoms with Gasteiger partial charge >= 0.3 is 0 Å². The number of sulfonamides is 1. The maximum Gasteiger partial charge on any atom is 0.270 e. The van der Waals surface area contributed by atoms with Crippen molar-refractivity contribution in [2.24, 2.45) is 5.92 Å². The number of non-ortho nitro benzene ring substituents is 1. The van der Waals surface area contributed by atoms with Crippen molar-refractivity contribution in [2.75, 3.05) is 5.32 Å². The Labute approximate surface area is 122 Å². The molecular formula is C13H17N3O4S. The van der Waals surface area contributed by atoms with Gasteiger partial charge in [-0.15, -0.1) is 0 Å². The van der Waals surface area contributed by atoms with Gasteiger partial charge in [0.05, 0.1) is 16.8 Å². The first kappa shape index (κ1) is 14.3. The van der Waals surface area contributed by atoms with Crippen LogP contribution >= 0.6 is 0 Å². The summed E-state index contributed by atoms with van der Waals surface area (Å²) >= 11 is 0. The second kappa shape index (κ2) is 5.27. The molecule has 1 aromatic rings. The van der Waals surface area contributed by atoms with Gasteiger partial charge in [-0.25, -0.2) is 8.42 Å². The van der Waals surface area contributed by atoms with Gasteiger partial charge in [-0.05, 0) is 24.8 Å². The molecule has 0 bridgehead atoms. The summed E-state index contributed by atoms with van der Waals surface area (Å²) in [5.74, 6) is 0.261. The lowest BCUT2D eigenvalue weighted by Gasteiger charge is -2.35. The number of anilines is 1. The number of hydrogen-bond acceptors (Lipinski definition) is 5. The first-order valence-electron chi connectivity index (χ1n) is 7.05. The monoisotopic (exact) mass is 311 g/mol. The molecule has 114 valence electrons. The third-order valence-electron chi connectivity index (χ3n) is 4.18. The van der Waals surface area contributed by atoms with Crippen molar-refractivity contribution in [1.29, 1.82) is 0 Å². The Morgan fingerprint density at radius 1 is 1.19 bits per heavy atom. The first-order valence-corrected chi connectivity index (χ1v) is 8.53. The van der Waals surface area contributed by atoms with Gasteiger partial charge in [-0.2, -0.15) is 4.72 Å². The molecule has 0 spiro atoms. The summed E-state index contributed by atoms with van der Waals surface area (Å²) in [5.41, 5.74) is 0.215. The highest BCUT2D eigenvalue weighted by molar-refractivity contribution is 7.89. The molecule has 0 saturated heterocycles. The van der Waals surface area contributed by atoms with Crippen molar-refractivity contribution < 1.29 is 13.3 Å². The molecule has 1 atom stereocenters. The first-order chi connectivity index (χ1) is 9.97. The van der Waals surface area contributed by atoms with Crippen LogP contribution in [-0.2, 0) is 10.0 Å². The maximum atomic E-state index is 12.3. The number of benzene rings is 1. The van der Waals surface area contributed by atoms with Crippen LogP contribution < -0.4 is 10.0 Å². The summed E-state index contributed by atoms with van der Waals surface area (Å²) in [5, 5.41) is 14.0. The molecule has 2 N–H and O–H groups in total. The molecule has 3 rings (SSSR count). The Hall–Kier alpha value is -1.67. The van der Waals surface area contributed by atoms with Crippen molar-refractivity contribution in [1.82, 2.24) is 4.72 Å². The summed E-state index contributed by atoms with van der Waals surface area (Å²) in [6.45, 7) is 0. The van der Waals surface area contributed by atoms with E-state index in [0.717, 1.165) is 31.7 Å². The van der Waals surface area contributed by atoms with E-state index < -0.39 is 14.9 Å². The molecule has 1 unspecified atom stereocenters. The van der Waals surface area contributed by atoms with Crippen LogP contribution in [0.15, 0.2) is 23.1 Å². The Morgan fingerprint density at radius 3 is 2.57 bits per heavy atom. The van der Waals surface area contributed by atoms with Gasteiger partial charge in [-0.3, -0.25) is 10.1 Å². The zero-order chi connectivity index (χ0) is 15.0. The van der Waals surface area contributed by atoms with Gasteiger partial charge in [-0.1, -0.05) is 19.3 Å². The summed E-state index contributed by atoms with van der Waals surface area (Å²) in [6.07, 6.45) is 5.06. The van der Waals surface area contributed by atoms with Gasteiger partial charge in [0.1, 0.15) is 4.90 Å². The van der Waals surface area contributed by atoms with E-state index in [1.165, 1.54) is 18.6 Å². The molecule has 8 heteroatoms. The second-order valence-corrected chi connectivity index (χ2v) is 7.26. The molecule has 21 heavy (non-hydrogen) atoms. The molecule has 1 heterocycles. The fraction of sp³-hybridized carbons (Fsp3) is 0.538. The molecule has 7 nitrogen and oxygen atoms in total. The van der Waals surface area contributed by atoms with Gasteiger partial charge in [0.15, 0.2) is 0 Å². The smallest absolute Gasteiger partial charge is 0.270 e. The standard InChI is InChI=1S/C13H17N3O4S/c17-16(18)10-6-7-11-12(8-10)21(19,20)15-13(14-11)9-4-2-1-3-5-9/h6-9,13-15H,1-5H2. The van der Waals surface area contributed by atoms with Crippen LogP contribution in [0.4, 0.5) is 11.4 Å². The van der Waals surface area contributed by atoms with Crippen LogP contribution in [0.5, 0.6) is 0 Å². The van der Waals surface area contributed by atoms with E-state index >= 15 is 0 Å². The van der Waals surface area contributed by atoms with Gasteiger partial charge in [0.2, 0.25) is 10.0 Å². The zero-order valence-electron chi connectivity index (χ0n) is 11.4. The second-order valence-electron chi connectivity index (χ2n) is 5.58. The highest BCUT2D eigenvalue weighted by atomic mass is 32.2. The maximum absolute atomic E-state index is 12.3. The third kappa shape index (κ3) is 2.73. The predicted molar refractivity (Wildman–Crippen MR) is 77.4 cm³/mol. The minimum Gasteiger partial charge on any atom is -0.368 e. The predicted octanol–water partition coefficient (Wildman–Crippen LogP) is 2.20. The normalized spacial score (nSPS) is 24.9. The number of fused-ring (bicyclic) bond motifs is 1. The van der Waals surface area contributed by atoms with Crippen molar-refractivity contribution in [2.45, 2.75) is 43.2 Å². The van der Waals surface area contributed by atoms with Crippen LogP contribution in [0, 0.1) is 16.0 Å². The minimum absolute atomic E-state index is 0.0521. The molecule has 0 radical (unpaired) electrons. The van der Waals surface area contributed by atoms with E-state index in [4.69, 9.17) is 0 Å². The van der Waals surface area contributed by atoms with Crippen molar-refractivity contribution in [3.8, 4) is 0 Å². The van der Waals surface area contributed by atoms with Gasteiger partial charge in [0, 0.05) is 12.1 Å². The van der Waals surface area contributed by atoms with Crippen molar-refractivity contribution in [3.05, 3.63) is 28.3 Å². The van der Waals surface area contributed by atoms with E-state index in [9.17, 15) is 18.5 Å². The highest BCUT2D eigenvalue weighted by Crippen LogP contribution is 2.34. The Morgan fingerprint density at radius 2 is 1.90 bits per heavy atom. The Balaban J connectivity index is 1.93. The molecule has 0 aromatic heterocycles. The number of nitrogens with one attached hydrogen (secondary N) is 2. The summed E-state index contributed by atoms with van der Waals surface area (Å²) < 4.78 is 27.3. The molecule has 1 aliphatic heterocycles. The average molecular weight is 311 g/mol. The fourth-order valence-corrected chi connectivity index (χ4v) is 4.48. The molecule has 1 saturated carbocycles.